The molecule has 8 nitrogen and oxygen atoms in total. The lowest BCUT2D eigenvalue weighted by Crippen LogP contribution is -2.43. The smallest absolute Gasteiger partial charge is 0.319 e. The molecular formula is C31H28F3N5O3. The summed E-state index contributed by atoms with van der Waals surface area (Å²) < 4.78 is 56.8. The molecule has 3 fully saturated rings. The van der Waals surface area contributed by atoms with Gasteiger partial charge in [0.2, 0.25) is 0 Å². The van der Waals surface area contributed by atoms with Crippen molar-refractivity contribution in [1.82, 2.24) is 19.9 Å². The Hall–Kier alpha value is -4.14. The minimum absolute atomic E-state index is 0.0231. The zero-order valence-corrected chi connectivity index (χ0v) is 22.7. The average Bonchev–Trinajstić information content (AvgIpc) is 3.52. The summed E-state index contributed by atoms with van der Waals surface area (Å²) in [5.41, 5.74) is -0.267. The third-order valence-corrected chi connectivity index (χ3v) is 8.66. The van der Waals surface area contributed by atoms with Crippen LogP contribution in [-0.4, -0.2) is 82.7 Å². The second kappa shape index (κ2) is 10.3. The van der Waals surface area contributed by atoms with Crippen LogP contribution in [0.3, 0.4) is 0 Å². The topological polar surface area (TPSA) is 83.8 Å². The number of aromatic nitrogens is 3. The number of hydrogen-bond donors (Lipinski definition) is 1. The molecule has 2 atom stereocenters. The van der Waals surface area contributed by atoms with Gasteiger partial charge in [-0.1, -0.05) is 12.0 Å². The third kappa shape index (κ3) is 4.37. The van der Waals surface area contributed by atoms with Crippen molar-refractivity contribution in [2.24, 2.45) is 0 Å². The Morgan fingerprint density at radius 2 is 1.95 bits per heavy atom. The molecule has 11 heteroatoms. The molecule has 0 bridgehead atoms. The van der Waals surface area contributed by atoms with Crippen LogP contribution in [-0.2, 0) is 4.74 Å². The summed E-state index contributed by atoms with van der Waals surface area (Å²) in [4.78, 5) is 17.6. The molecule has 4 aromatic rings. The molecule has 0 aliphatic carbocycles. The highest BCUT2D eigenvalue weighted by Gasteiger charge is 2.49. The van der Waals surface area contributed by atoms with Crippen LogP contribution in [0.1, 0.15) is 24.8 Å². The van der Waals surface area contributed by atoms with E-state index in [0.717, 1.165) is 19.4 Å². The molecule has 3 aliphatic heterocycles. The van der Waals surface area contributed by atoms with E-state index in [-0.39, 0.29) is 40.7 Å². The van der Waals surface area contributed by atoms with Crippen molar-refractivity contribution in [2.75, 3.05) is 50.9 Å². The largest absolute Gasteiger partial charge is 0.507 e. The molecule has 0 amide bonds. The molecule has 7 rings (SSSR count). The monoisotopic (exact) mass is 575 g/mol. The number of aromatic hydroxyl groups is 1. The number of pyridine rings is 1. The van der Waals surface area contributed by atoms with Gasteiger partial charge in [-0.2, -0.15) is 9.97 Å². The predicted molar refractivity (Wildman–Crippen MR) is 151 cm³/mol. The lowest BCUT2D eigenvalue weighted by molar-refractivity contribution is 0.107. The van der Waals surface area contributed by atoms with E-state index in [0.29, 0.717) is 61.2 Å². The molecule has 3 aliphatic rings. The van der Waals surface area contributed by atoms with Gasteiger partial charge in [0.25, 0.3) is 0 Å². The van der Waals surface area contributed by atoms with Gasteiger partial charge in [0.15, 0.2) is 5.82 Å². The van der Waals surface area contributed by atoms with Gasteiger partial charge in [-0.15, -0.1) is 6.42 Å². The highest BCUT2D eigenvalue weighted by Crippen LogP contribution is 2.42. The number of rotatable bonds is 5. The number of benzene rings is 2. The Morgan fingerprint density at radius 1 is 1.12 bits per heavy atom. The number of phenolic OH excluding ortho intramolecular Hbond substituents is 1. The van der Waals surface area contributed by atoms with E-state index in [1.165, 1.54) is 30.5 Å². The molecule has 0 radical (unpaired) electrons. The van der Waals surface area contributed by atoms with Crippen LogP contribution < -0.4 is 9.64 Å². The summed E-state index contributed by atoms with van der Waals surface area (Å²) in [6.45, 7) is 3.39. The first-order valence-corrected chi connectivity index (χ1v) is 14.0. The van der Waals surface area contributed by atoms with Gasteiger partial charge in [0.05, 0.1) is 29.7 Å². The van der Waals surface area contributed by atoms with E-state index in [1.54, 1.807) is 0 Å². The van der Waals surface area contributed by atoms with Crippen LogP contribution >= 0.6 is 0 Å². The minimum atomic E-state index is -0.918. The average molecular weight is 576 g/mol. The third-order valence-electron chi connectivity index (χ3n) is 8.66. The summed E-state index contributed by atoms with van der Waals surface area (Å²) in [7, 11) is 0. The summed E-state index contributed by atoms with van der Waals surface area (Å²) in [5, 5.41) is 11.7. The molecule has 0 saturated carbocycles. The lowest BCUT2D eigenvalue weighted by Gasteiger charge is -2.31. The quantitative estimate of drug-likeness (QED) is 0.346. The van der Waals surface area contributed by atoms with Gasteiger partial charge < -0.3 is 19.5 Å². The number of alkyl halides is 1. The van der Waals surface area contributed by atoms with Crippen molar-refractivity contribution in [3.63, 3.8) is 0 Å². The van der Waals surface area contributed by atoms with Crippen LogP contribution in [0.5, 0.6) is 11.8 Å². The van der Waals surface area contributed by atoms with Crippen molar-refractivity contribution >= 4 is 27.5 Å². The Bertz CT molecular complexity index is 1760. The SMILES string of the molecule is C#Cc1c(O)cc(-c2ncc3c(N4CCOCC4)nc(OC[C@@]45CCCN4C[C@H](F)C5)nc3c2F)c2cc(F)ccc12. The maximum atomic E-state index is 16.5. The molecule has 1 N–H and O–H groups in total. The Kier molecular flexibility index (Phi) is 6.55. The highest BCUT2D eigenvalue weighted by atomic mass is 19.1. The fourth-order valence-electron chi connectivity index (χ4n) is 6.67. The molecule has 0 spiro atoms. The number of fused-ring (bicyclic) bond motifs is 3. The molecule has 42 heavy (non-hydrogen) atoms. The van der Waals surface area contributed by atoms with Crippen LogP contribution in [0.25, 0.3) is 32.9 Å². The van der Waals surface area contributed by atoms with Crippen molar-refractivity contribution in [3.8, 4) is 35.4 Å². The molecule has 2 aromatic carbocycles. The van der Waals surface area contributed by atoms with Gasteiger partial charge >= 0.3 is 6.01 Å². The Labute approximate surface area is 240 Å². The second-order valence-electron chi connectivity index (χ2n) is 11.1. The Balaban J connectivity index is 1.37. The zero-order valence-electron chi connectivity index (χ0n) is 22.7. The zero-order chi connectivity index (χ0) is 29.0. The number of ether oxygens (including phenoxy) is 2. The summed E-state index contributed by atoms with van der Waals surface area (Å²) in [6.07, 6.45) is 8.30. The molecular weight excluding hydrogens is 547 g/mol. The lowest BCUT2D eigenvalue weighted by atomic mass is 9.95. The summed E-state index contributed by atoms with van der Waals surface area (Å²) in [5.74, 6) is 1.29. The minimum Gasteiger partial charge on any atom is -0.507 e. The van der Waals surface area contributed by atoms with Gasteiger partial charge in [0.1, 0.15) is 41.4 Å². The van der Waals surface area contributed by atoms with Gasteiger partial charge in [-0.3, -0.25) is 9.88 Å². The summed E-state index contributed by atoms with van der Waals surface area (Å²) >= 11 is 0. The van der Waals surface area contributed by atoms with E-state index in [2.05, 4.69) is 25.8 Å². The summed E-state index contributed by atoms with van der Waals surface area (Å²) in [6, 6.07) is 5.17. The Morgan fingerprint density at radius 3 is 2.76 bits per heavy atom. The molecule has 3 saturated heterocycles. The first-order valence-electron chi connectivity index (χ1n) is 14.0. The van der Waals surface area contributed by atoms with Gasteiger partial charge in [0, 0.05) is 43.2 Å². The predicted octanol–water partition coefficient (Wildman–Crippen LogP) is 4.60. The highest BCUT2D eigenvalue weighted by molar-refractivity contribution is 6.02. The van der Waals surface area contributed by atoms with Crippen molar-refractivity contribution < 1.29 is 27.8 Å². The maximum absolute atomic E-state index is 16.5. The number of hydrogen-bond acceptors (Lipinski definition) is 8. The maximum Gasteiger partial charge on any atom is 0.319 e. The second-order valence-corrected chi connectivity index (χ2v) is 11.1. The normalized spacial score (nSPS) is 22.5. The van der Waals surface area contributed by atoms with Crippen LogP contribution in [0.2, 0.25) is 0 Å². The van der Waals surface area contributed by atoms with E-state index < -0.39 is 23.3 Å². The number of terminal acetylenes is 1. The van der Waals surface area contributed by atoms with E-state index in [4.69, 9.17) is 15.9 Å². The van der Waals surface area contributed by atoms with Crippen LogP contribution in [0.15, 0.2) is 30.5 Å². The fourth-order valence-corrected chi connectivity index (χ4v) is 6.67. The van der Waals surface area contributed by atoms with E-state index in [1.807, 2.05) is 4.90 Å². The number of morpholine rings is 1. The molecule has 0 unspecified atom stereocenters. The molecule has 5 heterocycles. The van der Waals surface area contributed by atoms with Crippen molar-refractivity contribution in [2.45, 2.75) is 31.0 Å². The number of anilines is 1. The van der Waals surface area contributed by atoms with E-state index >= 15 is 4.39 Å². The van der Waals surface area contributed by atoms with Gasteiger partial charge in [-0.05, 0) is 43.0 Å². The first kappa shape index (κ1) is 26.7. The molecule has 2 aromatic heterocycles. The number of phenols is 1. The van der Waals surface area contributed by atoms with E-state index in [9.17, 15) is 13.9 Å². The standard InChI is InChI=1S/C31H28F3N5O3/c1-2-20-21-5-4-18(32)12-22(21)23(13-25(20)40)27-26(34)28-24(15-35-27)29(38-8-10-41-11-9-38)37-30(36-28)42-17-31-6-3-7-39(31)16-19(33)14-31/h1,4-5,12-13,15,19,40H,3,6-11,14,16-17H2/t19-,31+/m1/s1. The number of halogens is 3. The van der Waals surface area contributed by atoms with Crippen molar-refractivity contribution in [1.29, 1.82) is 0 Å². The van der Waals surface area contributed by atoms with Crippen LogP contribution in [0.4, 0.5) is 19.0 Å². The molecule has 216 valence electrons. The first-order chi connectivity index (χ1) is 20.4. The van der Waals surface area contributed by atoms with Crippen molar-refractivity contribution in [3.05, 3.63) is 47.7 Å². The van der Waals surface area contributed by atoms with Gasteiger partial charge in [-0.25, -0.2) is 13.2 Å². The van der Waals surface area contributed by atoms with Crippen LogP contribution in [0, 0.1) is 24.0 Å². The fraction of sp³-hybridized carbons (Fsp3) is 0.387. The number of nitrogens with zero attached hydrogens (tertiary/aromatic N) is 5.